The van der Waals surface area contributed by atoms with Crippen molar-refractivity contribution in [3.63, 3.8) is 0 Å². The van der Waals surface area contributed by atoms with Gasteiger partial charge < -0.3 is 10.8 Å². The van der Waals surface area contributed by atoms with Crippen LogP contribution in [0.15, 0.2) is 23.9 Å². The second-order valence-electron chi connectivity index (χ2n) is 2.46. The molecule has 1 aliphatic carbocycles. The summed E-state index contributed by atoms with van der Waals surface area (Å²) in [5.74, 6) is -2.33. The summed E-state index contributed by atoms with van der Waals surface area (Å²) < 4.78 is 21.2. The van der Waals surface area contributed by atoms with E-state index in [0.717, 1.165) is 6.08 Å². The monoisotopic (exact) mass is 201 g/mol. The number of aliphatic carboxylic acids is 1. The van der Waals surface area contributed by atoms with Gasteiger partial charge in [0.25, 0.3) is 0 Å². The summed E-state index contributed by atoms with van der Waals surface area (Å²) in [5, 5.41) is 8.63. The average molecular weight is 201 g/mol. The van der Waals surface area contributed by atoms with E-state index < -0.39 is 22.2 Å². The molecule has 0 fully saturated rings. The number of hydrogen-bond donors (Lipinski definition) is 2. The number of carboxylic acids is 1. The normalized spacial score (nSPS) is 21.1. The van der Waals surface area contributed by atoms with E-state index in [1.165, 1.54) is 12.2 Å². The molecule has 0 heterocycles. The first-order valence-corrected chi connectivity index (χ1v) is 4.44. The highest BCUT2D eigenvalue weighted by molar-refractivity contribution is 7.73. The number of allylic oxidation sites excluding steroid dienone is 2. The Morgan fingerprint density at radius 2 is 2.15 bits per heavy atom. The fraction of sp³-hybridized carbons (Fsp3) is 0.143. The molecule has 0 radical (unpaired) electrons. The Morgan fingerprint density at radius 3 is 2.62 bits per heavy atom. The van der Waals surface area contributed by atoms with Crippen LogP contribution in [0.25, 0.3) is 0 Å². The topological polar surface area (TPSA) is 97.5 Å². The van der Waals surface area contributed by atoms with Gasteiger partial charge in [-0.05, 0) is 12.2 Å². The number of hydrogen-bond acceptors (Lipinski definition) is 4. The van der Waals surface area contributed by atoms with E-state index in [1.54, 1.807) is 0 Å². The highest BCUT2D eigenvalue weighted by atomic mass is 32.2. The fourth-order valence-electron chi connectivity index (χ4n) is 0.960. The van der Waals surface area contributed by atoms with Crippen molar-refractivity contribution < 1.29 is 18.3 Å². The predicted octanol–water partition coefficient (Wildman–Crippen LogP) is -0.849. The molecule has 5 nitrogen and oxygen atoms in total. The Labute approximate surface area is 75.7 Å². The zero-order chi connectivity index (χ0) is 10.0. The van der Waals surface area contributed by atoms with E-state index >= 15 is 0 Å². The molecule has 3 N–H and O–H groups in total. The van der Waals surface area contributed by atoms with E-state index in [2.05, 4.69) is 0 Å². The molecule has 0 spiro atoms. The van der Waals surface area contributed by atoms with Crippen LogP contribution in [0.2, 0.25) is 0 Å². The Balaban J connectivity index is 3.26. The van der Waals surface area contributed by atoms with Gasteiger partial charge in [-0.2, -0.15) is 8.42 Å². The number of nitrogens with two attached hydrogens (primary N) is 1. The van der Waals surface area contributed by atoms with Crippen molar-refractivity contribution >= 4 is 21.1 Å². The predicted molar refractivity (Wildman–Crippen MR) is 46.5 cm³/mol. The van der Waals surface area contributed by atoms with Crippen LogP contribution in [0, 0.1) is 5.92 Å². The second-order valence-corrected chi connectivity index (χ2v) is 3.40. The second kappa shape index (κ2) is 3.44. The van der Waals surface area contributed by atoms with Crippen molar-refractivity contribution in [3.8, 4) is 0 Å². The molecular formula is C7H7NO4S. The minimum absolute atomic E-state index is 0.215. The lowest BCUT2D eigenvalue weighted by atomic mass is 10.00. The summed E-state index contributed by atoms with van der Waals surface area (Å²) in [6.07, 6.45) is 3.75. The van der Waals surface area contributed by atoms with Crippen molar-refractivity contribution in [2.75, 3.05) is 0 Å². The van der Waals surface area contributed by atoms with Crippen LogP contribution in [-0.4, -0.2) is 24.4 Å². The molecule has 0 saturated carbocycles. The quantitative estimate of drug-likeness (QED) is 0.538. The minimum Gasteiger partial charge on any atom is -0.481 e. The van der Waals surface area contributed by atoms with Crippen molar-refractivity contribution in [2.24, 2.45) is 11.7 Å². The number of rotatable bonds is 1. The zero-order valence-electron chi connectivity index (χ0n) is 6.47. The van der Waals surface area contributed by atoms with Gasteiger partial charge in [-0.25, -0.2) is 0 Å². The molecule has 0 aliphatic heterocycles. The van der Waals surface area contributed by atoms with Crippen LogP contribution in [-0.2, 0) is 15.1 Å². The van der Waals surface area contributed by atoms with Crippen molar-refractivity contribution in [3.05, 3.63) is 23.9 Å². The van der Waals surface area contributed by atoms with Crippen LogP contribution in [0.4, 0.5) is 0 Å². The molecule has 0 aromatic carbocycles. The lowest BCUT2D eigenvalue weighted by molar-refractivity contribution is -0.137. The van der Waals surface area contributed by atoms with Crippen LogP contribution in [0.5, 0.6) is 0 Å². The fourth-order valence-corrected chi connectivity index (χ4v) is 1.58. The van der Waals surface area contributed by atoms with Gasteiger partial charge in [0.1, 0.15) is 5.92 Å². The van der Waals surface area contributed by atoms with Crippen LogP contribution >= 0.6 is 0 Å². The third-order valence-corrected chi connectivity index (χ3v) is 2.31. The maximum atomic E-state index is 10.6. The third-order valence-electron chi connectivity index (χ3n) is 1.56. The first kappa shape index (κ1) is 9.53. The number of carbonyl (C=O) groups is 1. The maximum absolute atomic E-state index is 10.6. The largest absolute Gasteiger partial charge is 0.481 e. The van der Waals surface area contributed by atoms with Gasteiger partial charge in [-0.15, -0.1) is 0 Å². The molecule has 1 aliphatic rings. The first-order chi connectivity index (χ1) is 6.02. The van der Waals surface area contributed by atoms with E-state index in [1.807, 2.05) is 0 Å². The summed E-state index contributed by atoms with van der Waals surface area (Å²) >= 11 is 0. The van der Waals surface area contributed by atoms with Gasteiger partial charge >= 0.3 is 5.97 Å². The SMILES string of the molecule is NC1=CC(=S(=O)=O)C(C(=O)O)C=C1. The van der Waals surface area contributed by atoms with Gasteiger partial charge in [0.05, 0.1) is 4.86 Å². The van der Waals surface area contributed by atoms with Gasteiger partial charge in [-0.1, -0.05) is 6.08 Å². The summed E-state index contributed by atoms with van der Waals surface area (Å²) in [5.41, 5.74) is 5.55. The molecule has 13 heavy (non-hydrogen) atoms. The Morgan fingerprint density at radius 1 is 1.54 bits per heavy atom. The van der Waals surface area contributed by atoms with Crippen LogP contribution in [0.3, 0.4) is 0 Å². The van der Waals surface area contributed by atoms with E-state index in [-0.39, 0.29) is 10.6 Å². The van der Waals surface area contributed by atoms with Gasteiger partial charge in [-0.3, -0.25) is 4.79 Å². The summed E-state index contributed by atoms with van der Waals surface area (Å²) in [6, 6.07) is 0. The molecule has 0 aromatic heterocycles. The number of carboxylic acid groups (broad SMARTS) is 1. The smallest absolute Gasteiger partial charge is 0.315 e. The van der Waals surface area contributed by atoms with Crippen molar-refractivity contribution in [1.29, 1.82) is 0 Å². The Hall–Kier alpha value is -1.56. The maximum Gasteiger partial charge on any atom is 0.315 e. The highest BCUT2D eigenvalue weighted by Gasteiger charge is 2.23. The minimum atomic E-state index is -2.55. The van der Waals surface area contributed by atoms with E-state index in [4.69, 9.17) is 10.8 Å². The van der Waals surface area contributed by atoms with Gasteiger partial charge in [0.15, 0.2) is 0 Å². The van der Waals surface area contributed by atoms with Crippen LogP contribution in [0.1, 0.15) is 0 Å². The lowest BCUT2D eigenvalue weighted by Gasteiger charge is -2.09. The average Bonchev–Trinajstić information content (AvgIpc) is 2.03. The summed E-state index contributed by atoms with van der Waals surface area (Å²) in [4.78, 5) is 10.3. The Kier molecular flexibility index (Phi) is 2.52. The highest BCUT2D eigenvalue weighted by Crippen LogP contribution is 2.11. The lowest BCUT2D eigenvalue weighted by Crippen LogP contribution is -2.24. The van der Waals surface area contributed by atoms with Crippen LogP contribution < -0.4 is 5.73 Å². The molecule has 0 amide bonds. The molecule has 70 valence electrons. The van der Waals surface area contributed by atoms with Gasteiger partial charge in [0.2, 0.25) is 10.3 Å². The molecule has 0 aromatic rings. The van der Waals surface area contributed by atoms with Crippen molar-refractivity contribution in [1.82, 2.24) is 0 Å². The Bertz CT molecular complexity index is 421. The molecule has 0 bridgehead atoms. The zero-order valence-corrected chi connectivity index (χ0v) is 7.28. The van der Waals surface area contributed by atoms with Gasteiger partial charge in [0, 0.05) is 5.70 Å². The van der Waals surface area contributed by atoms with Crippen molar-refractivity contribution in [2.45, 2.75) is 0 Å². The molecule has 1 rings (SSSR count). The third kappa shape index (κ3) is 1.97. The van der Waals surface area contributed by atoms with E-state index in [9.17, 15) is 13.2 Å². The molecular weight excluding hydrogens is 194 g/mol. The summed E-state index contributed by atoms with van der Waals surface area (Å²) in [7, 11) is -2.55. The first-order valence-electron chi connectivity index (χ1n) is 3.36. The summed E-state index contributed by atoms with van der Waals surface area (Å²) in [6.45, 7) is 0. The molecule has 0 saturated heterocycles. The molecule has 1 unspecified atom stereocenters. The molecule has 6 heteroatoms. The van der Waals surface area contributed by atoms with E-state index in [0.29, 0.717) is 0 Å². The standard InChI is InChI=1S/C7H7NO4S/c8-4-1-2-5(7(9)10)6(3-4)13(11)12/h1-3,5H,8H2,(H,9,10). The molecule has 1 atom stereocenters.